The predicted molar refractivity (Wildman–Crippen MR) is 61.9 cm³/mol. The third-order valence-electron chi connectivity index (χ3n) is 2.36. The maximum absolute atomic E-state index is 11.0. The van der Waals surface area contributed by atoms with Crippen LogP contribution in [0.2, 0.25) is 0 Å². The van der Waals surface area contributed by atoms with E-state index in [1.165, 1.54) is 13.2 Å². The van der Waals surface area contributed by atoms with E-state index in [9.17, 15) is 9.59 Å². The fraction of sp³-hybridized carbons (Fsp3) is 0.167. The zero-order chi connectivity index (χ0) is 12.3. The van der Waals surface area contributed by atoms with Gasteiger partial charge in [0, 0.05) is 19.2 Å². The quantitative estimate of drug-likeness (QED) is 0.819. The molecule has 88 valence electrons. The highest BCUT2D eigenvalue weighted by Gasteiger charge is 2.09. The van der Waals surface area contributed by atoms with Gasteiger partial charge in [-0.15, -0.1) is 0 Å². The van der Waals surface area contributed by atoms with Crippen molar-refractivity contribution in [3.8, 4) is 0 Å². The first-order valence-corrected chi connectivity index (χ1v) is 5.15. The Morgan fingerprint density at radius 2 is 2.35 bits per heavy atom. The first-order valence-electron chi connectivity index (χ1n) is 5.15. The van der Waals surface area contributed by atoms with E-state index in [0.717, 1.165) is 6.29 Å². The molecular weight excluding hydrogens is 220 g/mol. The van der Waals surface area contributed by atoms with Gasteiger partial charge in [0.25, 0.3) is 0 Å². The number of hydrogen-bond donors (Lipinski definition) is 1. The minimum atomic E-state index is -0.157. The van der Waals surface area contributed by atoms with Crippen LogP contribution in [0.3, 0.4) is 0 Å². The number of carbonyl (C=O) groups is 2. The molecule has 17 heavy (non-hydrogen) atoms. The van der Waals surface area contributed by atoms with E-state index in [1.807, 2.05) is 0 Å². The third-order valence-corrected chi connectivity index (χ3v) is 2.36. The highest BCUT2D eigenvalue weighted by molar-refractivity contribution is 5.89. The maximum atomic E-state index is 11.0. The summed E-state index contributed by atoms with van der Waals surface area (Å²) in [5, 5.41) is 2.67. The summed E-state index contributed by atoms with van der Waals surface area (Å²) in [6.07, 6.45) is 4.06. The lowest BCUT2D eigenvalue weighted by molar-refractivity contribution is -0.114. The van der Waals surface area contributed by atoms with Gasteiger partial charge in [0.2, 0.25) is 5.91 Å². The molecule has 0 saturated carbocycles. The van der Waals surface area contributed by atoms with Crippen LogP contribution >= 0.6 is 0 Å². The summed E-state index contributed by atoms with van der Waals surface area (Å²) in [6.45, 7) is 1.84. The summed E-state index contributed by atoms with van der Waals surface area (Å²) in [4.78, 5) is 21.7. The molecule has 5 nitrogen and oxygen atoms in total. The van der Waals surface area contributed by atoms with Crippen molar-refractivity contribution in [3.63, 3.8) is 0 Å². The van der Waals surface area contributed by atoms with Gasteiger partial charge in [-0.05, 0) is 12.1 Å². The van der Waals surface area contributed by atoms with Gasteiger partial charge in [-0.25, -0.2) is 0 Å². The largest absolute Gasteiger partial charge is 0.465 e. The molecule has 0 saturated heterocycles. The summed E-state index contributed by atoms with van der Waals surface area (Å²) >= 11 is 0. The van der Waals surface area contributed by atoms with Gasteiger partial charge in [0.05, 0.1) is 24.2 Å². The Bertz CT molecular complexity index is 539. The van der Waals surface area contributed by atoms with Gasteiger partial charge in [-0.3, -0.25) is 9.59 Å². The molecule has 1 N–H and O–H groups in total. The van der Waals surface area contributed by atoms with Crippen LogP contribution in [-0.2, 0) is 11.3 Å². The molecule has 0 atom stereocenters. The predicted octanol–water partition coefficient (Wildman–Crippen LogP) is 1.90. The number of nitrogens with zero attached hydrogens (tertiary/aromatic N) is 1. The van der Waals surface area contributed by atoms with Crippen LogP contribution in [0.5, 0.6) is 0 Å². The molecule has 5 heteroatoms. The first-order chi connectivity index (χ1) is 8.20. The second-order valence-corrected chi connectivity index (χ2v) is 3.62. The number of hydrogen-bond acceptors (Lipinski definition) is 3. The van der Waals surface area contributed by atoms with Crippen molar-refractivity contribution in [2.45, 2.75) is 13.5 Å². The van der Waals surface area contributed by atoms with Crippen molar-refractivity contribution in [2.24, 2.45) is 0 Å². The monoisotopic (exact) mass is 232 g/mol. The average Bonchev–Trinajstić information content (AvgIpc) is 2.88. The second kappa shape index (κ2) is 4.69. The normalized spacial score (nSPS) is 10.2. The number of furan rings is 1. The number of aromatic nitrogens is 1. The number of rotatable bonds is 4. The van der Waals surface area contributed by atoms with Crippen molar-refractivity contribution >= 4 is 17.9 Å². The molecule has 2 aromatic rings. The fourth-order valence-electron chi connectivity index (χ4n) is 1.60. The van der Waals surface area contributed by atoms with Crippen molar-refractivity contribution in [2.75, 3.05) is 5.32 Å². The van der Waals surface area contributed by atoms with Crippen molar-refractivity contribution in [1.29, 1.82) is 0 Å². The van der Waals surface area contributed by atoms with Gasteiger partial charge >= 0.3 is 0 Å². The topological polar surface area (TPSA) is 64.2 Å². The molecule has 0 spiro atoms. The molecule has 0 unspecified atom stereocenters. The standard InChI is InChI=1S/C12H12N2O3/c1-9(16)13-11-4-6-17-12(11)7-14-5-2-3-10(14)8-15/h2-6,8H,7H2,1H3,(H,13,16). The summed E-state index contributed by atoms with van der Waals surface area (Å²) in [7, 11) is 0. The van der Waals surface area contributed by atoms with Crippen LogP contribution in [0.4, 0.5) is 5.69 Å². The van der Waals surface area contributed by atoms with Crippen LogP contribution in [0.25, 0.3) is 0 Å². The van der Waals surface area contributed by atoms with Crippen LogP contribution in [0.15, 0.2) is 35.1 Å². The zero-order valence-electron chi connectivity index (χ0n) is 9.34. The molecular formula is C12H12N2O3. The molecule has 2 heterocycles. The van der Waals surface area contributed by atoms with E-state index < -0.39 is 0 Å². The van der Waals surface area contributed by atoms with E-state index in [4.69, 9.17) is 4.42 Å². The van der Waals surface area contributed by atoms with Crippen LogP contribution < -0.4 is 5.32 Å². The summed E-state index contributed by atoms with van der Waals surface area (Å²) < 4.78 is 7.03. The van der Waals surface area contributed by atoms with Crippen LogP contribution in [0, 0.1) is 0 Å². The smallest absolute Gasteiger partial charge is 0.221 e. The molecule has 0 bridgehead atoms. The maximum Gasteiger partial charge on any atom is 0.221 e. The molecule has 0 radical (unpaired) electrons. The zero-order valence-corrected chi connectivity index (χ0v) is 9.34. The number of carbonyl (C=O) groups excluding carboxylic acids is 2. The van der Waals surface area contributed by atoms with Gasteiger partial charge in [0.1, 0.15) is 5.76 Å². The van der Waals surface area contributed by atoms with Crippen molar-refractivity contribution in [1.82, 2.24) is 4.57 Å². The molecule has 2 aromatic heterocycles. The molecule has 0 aliphatic rings. The lowest BCUT2D eigenvalue weighted by Gasteiger charge is -2.05. The summed E-state index contributed by atoms with van der Waals surface area (Å²) in [6, 6.07) is 5.18. The number of aldehydes is 1. The molecule has 0 aliphatic heterocycles. The second-order valence-electron chi connectivity index (χ2n) is 3.62. The van der Waals surface area contributed by atoms with Crippen LogP contribution in [-0.4, -0.2) is 16.8 Å². The molecule has 0 aromatic carbocycles. The lowest BCUT2D eigenvalue weighted by Crippen LogP contribution is -2.09. The number of amides is 1. The van der Waals surface area contributed by atoms with Crippen molar-refractivity contribution in [3.05, 3.63) is 42.1 Å². The van der Waals surface area contributed by atoms with E-state index in [1.54, 1.807) is 29.0 Å². The highest BCUT2D eigenvalue weighted by Crippen LogP contribution is 2.18. The summed E-state index contributed by atoms with van der Waals surface area (Å²) in [5.74, 6) is 0.454. The van der Waals surface area contributed by atoms with Gasteiger partial charge in [0.15, 0.2) is 6.29 Å². The fourth-order valence-corrected chi connectivity index (χ4v) is 1.60. The highest BCUT2D eigenvalue weighted by atomic mass is 16.3. The minimum absolute atomic E-state index is 0.157. The van der Waals surface area contributed by atoms with Gasteiger partial charge in [-0.1, -0.05) is 0 Å². The summed E-state index contributed by atoms with van der Waals surface area (Å²) in [5.41, 5.74) is 1.19. The van der Waals surface area contributed by atoms with Crippen LogP contribution in [0.1, 0.15) is 23.2 Å². The number of nitrogens with one attached hydrogen (secondary N) is 1. The Labute approximate surface area is 98.0 Å². The Kier molecular flexibility index (Phi) is 3.09. The number of anilines is 1. The van der Waals surface area contributed by atoms with E-state index in [2.05, 4.69) is 5.32 Å². The van der Waals surface area contributed by atoms with Gasteiger partial charge < -0.3 is 14.3 Å². The molecule has 0 fully saturated rings. The molecule has 2 rings (SSSR count). The van der Waals surface area contributed by atoms with Crippen molar-refractivity contribution < 1.29 is 14.0 Å². The Balaban J connectivity index is 2.21. The van der Waals surface area contributed by atoms with Gasteiger partial charge in [-0.2, -0.15) is 0 Å². The Morgan fingerprint density at radius 3 is 3.06 bits per heavy atom. The third kappa shape index (κ3) is 2.44. The Morgan fingerprint density at radius 1 is 1.53 bits per heavy atom. The SMILES string of the molecule is CC(=O)Nc1ccoc1Cn1cccc1C=O. The first kappa shape index (κ1) is 11.2. The van der Waals surface area contributed by atoms with E-state index in [0.29, 0.717) is 23.7 Å². The minimum Gasteiger partial charge on any atom is -0.465 e. The van der Waals surface area contributed by atoms with E-state index in [-0.39, 0.29) is 5.91 Å². The Hall–Kier alpha value is -2.30. The molecule has 1 amide bonds. The van der Waals surface area contributed by atoms with E-state index >= 15 is 0 Å². The lowest BCUT2D eigenvalue weighted by atomic mass is 10.3. The average molecular weight is 232 g/mol. The molecule has 0 aliphatic carbocycles.